The molecular weight excluding hydrogens is 369 g/mol. The van der Waals surface area contributed by atoms with Gasteiger partial charge in [0.1, 0.15) is 18.2 Å². The number of halogens is 1. The summed E-state index contributed by atoms with van der Waals surface area (Å²) in [6.45, 7) is 2.38. The molecule has 2 aliphatic rings. The van der Waals surface area contributed by atoms with Gasteiger partial charge in [-0.2, -0.15) is 0 Å². The van der Waals surface area contributed by atoms with Gasteiger partial charge in [-0.25, -0.2) is 9.37 Å². The van der Waals surface area contributed by atoms with Crippen LogP contribution in [0.3, 0.4) is 0 Å². The molecule has 4 rings (SSSR count). The molecule has 1 aliphatic carbocycles. The van der Waals surface area contributed by atoms with Crippen molar-refractivity contribution in [1.29, 1.82) is 0 Å². The largest absolute Gasteiger partial charge is 0.633 e. The predicted octanol–water partition coefficient (Wildman–Crippen LogP) is 3.67. The molecule has 0 bridgehead atoms. The van der Waals surface area contributed by atoms with E-state index in [0.29, 0.717) is 26.2 Å². The third kappa shape index (κ3) is 4.60. The molecule has 1 aliphatic heterocycles. The molecule has 1 aromatic heterocycles. The normalized spacial score (nSPS) is 19.3. The molecule has 1 N–H and O–H groups in total. The van der Waals surface area contributed by atoms with Crippen molar-refractivity contribution in [3.05, 3.63) is 52.6 Å². The number of hydrogen-bond donors (Lipinski definition) is 1. The molecule has 2 aromatic rings. The second kappa shape index (κ2) is 8.78. The summed E-state index contributed by atoms with van der Waals surface area (Å²) in [5.41, 5.74) is 4.63. The fourth-order valence-corrected chi connectivity index (χ4v) is 4.56. The van der Waals surface area contributed by atoms with Crippen LogP contribution >= 0.6 is 0 Å². The van der Waals surface area contributed by atoms with Crippen molar-refractivity contribution in [2.45, 2.75) is 38.5 Å². The summed E-state index contributed by atoms with van der Waals surface area (Å²) in [6, 6.07) is 8.87. The maximum absolute atomic E-state index is 13.5. The molecule has 5 nitrogen and oxygen atoms in total. The monoisotopic (exact) mass is 399 g/mol. The number of fused-ring (bicyclic) bond motifs is 1. The van der Waals surface area contributed by atoms with E-state index in [1.807, 2.05) is 12.1 Å². The number of nitrogens with zero attached hydrogens (tertiary/aromatic N) is 3. The van der Waals surface area contributed by atoms with Crippen LogP contribution in [0.5, 0.6) is 0 Å². The molecule has 0 radical (unpaired) electrons. The first-order chi connectivity index (χ1) is 14.1. The van der Waals surface area contributed by atoms with E-state index in [4.69, 9.17) is 10.1 Å². The van der Waals surface area contributed by atoms with Gasteiger partial charge in [-0.15, -0.1) is 0 Å². The Hall–Kier alpha value is -2.02. The number of rotatable bonds is 4. The molecule has 0 saturated carbocycles. The van der Waals surface area contributed by atoms with E-state index in [9.17, 15) is 9.60 Å². The van der Waals surface area contributed by atoms with Crippen LogP contribution in [-0.2, 0) is 12.8 Å². The number of aryl methyl sites for hydroxylation is 1. The lowest BCUT2D eigenvalue weighted by atomic mass is 9.90. The number of hydrogen-bond acceptors (Lipinski definition) is 4. The van der Waals surface area contributed by atoms with Crippen molar-refractivity contribution in [3.8, 4) is 11.1 Å². The van der Waals surface area contributed by atoms with Crippen molar-refractivity contribution < 1.29 is 14.1 Å². The Kier molecular flexibility index (Phi) is 6.13. The van der Waals surface area contributed by atoms with Crippen LogP contribution in [-0.4, -0.2) is 54.1 Å². The lowest BCUT2D eigenvalue weighted by molar-refractivity contribution is -0.881. The van der Waals surface area contributed by atoms with Crippen molar-refractivity contribution in [3.63, 3.8) is 0 Å². The number of aromatic nitrogens is 1. The highest BCUT2D eigenvalue weighted by Crippen LogP contribution is 2.33. The maximum Gasteiger partial charge on any atom is 0.129 e. The first-order valence-corrected chi connectivity index (χ1v) is 10.8. The van der Waals surface area contributed by atoms with Gasteiger partial charge in [-0.05, 0) is 60.6 Å². The second-order valence-corrected chi connectivity index (χ2v) is 8.31. The number of anilines is 1. The van der Waals surface area contributed by atoms with E-state index in [1.54, 1.807) is 0 Å². The molecule has 1 saturated heterocycles. The highest BCUT2D eigenvalue weighted by molar-refractivity contribution is 5.71. The fraction of sp³-hybridized carbons (Fsp3) is 0.522. The molecule has 6 heteroatoms. The van der Waals surface area contributed by atoms with Gasteiger partial charge < -0.3 is 19.9 Å². The molecule has 2 heterocycles. The number of hydroxylamine groups is 3. The third-order valence-electron chi connectivity index (χ3n) is 6.33. The van der Waals surface area contributed by atoms with E-state index < -0.39 is 0 Å². The van der Waals surface area contributed by atoms with E-state index in [2.05, 4.69) is 11.0 Å². The lowest BCUT2D eigenvalue weighted by Crippen LogP contribution is -2.57. The van der Waals surface area contributed by atoms with E-state index in [0.717, 1.165) is 48.3 Å². The van der Waals surface area contributed by atoms with Crippen LogP contribution in [0.15, 0.2) is 30.3 Å². The van der Waals surface area contributed by atoms with Crippen molar-refractivity contribution in [1.82, 2.24) is 4.98 Å². The van der Waals surface area contributed by atoms with Crippen LogP contribution in [0.1, 0.15) is 36.9 Å². The van der Waals surface area contributed by atoms with Gasteiger partial charge in [-0.3, -0.25) is 0 Å². The van der Waals surface area contributed by atoms with Gasteiger partial charge >= 0.3 is 0 Å². The van der Waals surface area contributed by atoms with Gasteiger partial charge in [0.25, 0.3) is 0 Å². The Morgan fingerprint density at radius 2 is 1.72 bits per heavy atom. The maximum atomic E-state index is 13.5. The highest BCUT2D eigenvalue weighted by atomic mass is 19.1. The number of aliphatic hydroxyl groups is 1. The minimum atomic E-state index is -0.331. The third-order valence-corrected chi connectivity index (χ3v) is 6.33. The van der Waals surface area contributed by atoms with Gasteiger partial charge in [0.15, 0.2) is 0 Å². The van der Waals surface area contributed by atoms with Crippen LogP contribution in [0.25, 0.3) is 11.1 Å². The average Bonchev–Trinajstić information content (AvgIpc) is 2.69. The molecule has 0 atom stereocenters. The number of quaternary nitrogens is 1. The number of piperazine rings is 1. The van der Waals surface area contributed by atoms with Crippen molar-refractivity contribution in [2.75, 3.05) is 44.2 Å². The zero-order valence-electron chi connectivity index (χ0n) is 16.9. The van der Waals surface area contributed by atoms with Crippen LogP contribution in [0.2, 0.25) is 0 Å². The standard InChI is InChI=1S/C23H30FN3O2/c24-19-9-7-18(8-10-19)21-17-23(25-22-6-4-2-1-3-5-20(21)22)26-11-13-27(29,14-12-26)15-16-28/h7-10,17,28H,1-6,11-16H2. The Balaban J connectivity index is 1.69. The Bertz CT molecular complexity index is 833. The smallest absolute Gasteiger partial charge is 0.129 e. The van der Waals surface area contributed by atoms with Crippen LogP contribution < -0.4 is 4.90 Å². The van der Waals surface area contributed by atoms with Crippen molar-refractivity contribution >= 4 is 5.82 Å². The first-order valence-electron chi connectivity index (χ1n) is 10.8. The van der Waals surface area contributed by atoms with Gasteiger partial charge in [0, 0.05) is 5.69 Å². The Morgan fingerprint density at radius 3 is 2.41 bits per heavy atom. The summed E-state index contributed by atoms with van der Waals surface area (Å²) in [6.07, 6.45) is 6.75. The van der Waals surface area contributed by atoms with Crippen LogP contribution in [0, 0.1) is 11.0 Å². The summed E-state index contributed by atoms with van der Waals surface area (Å²) in [4.78, 5) is 7.22. The van der Waals surface area contributed by atoms with Gasteiger partial charge in [0.05, 0.1) is 32.8 Å². The Morgan fingerprint density at radius 1 is 1.03 bits per heavy atom. The number of pyridine rings is 1. The first kappa shape index (κ1) is 20.3. The lowest BCUT2D eigenvalue weighted by Gasteiger charge is -2.48. The predicted molar refractivity (Wildman–Crippen MR) is 113 cm³/mol. The quantitative estimate of drug-likeness (QED) is 0.629. The molecule has 29 heavy (non-hydrogen) atoms. The van der Waals surface area contributed by atoms with Crippen LogP contribution in [0.4, 0.5) is 10.2 Å². The van der Waals surface area contributed by atoms with Crippen molar-refractivity contribution in [2.24, 2.45) is 0 Å². The van der Waals surface area contributed by atoms with E-state index in [-0.39, 0.29) is 23.6 Å². The second-order valence-electron chi connectivity index (χ2n) is 8.31. The summed E-state index contributed by atoms with van der Waals surface area (Å²) in [5, 5.41) is 21.8. The number of benzene rings is 1. The average molecular weight is 400 g/mol. The summed E-state index contributed by atoms with van der Waals surface area (Å²) >= 11 is 0. The minimum Gasteiger partial charge on any atom is -0.633 e. The molecule has 0 unspecified atom stereocenters. The molecule has 156 valence electrons. The molecular formula is C23H30FN3O2. The molecule has 0 amide bonds. The molecule has 1 fully saturated rings. The Labute approximate surface area is 172 Å². The number of aliphatic hydroxyl groups excluding tert-OH is 1. The SMILES string of the molecule is [O-][N+]1(CCO)CCN(c2cc(-c3ccc(F)cc3)c3c(n2)CCCCCC3)CC1. The zero-order chi connectivity index (χ0) is 20.3. The van der Waals surface area contributed by atoms with Gasteiger partial charge in [-0.1, -0.05) is 25.0 Å². The zero-order valence-corrected chi connectivity index (χ0v) is 16.9. The van der Waals surface area contributed by atoms with E-state index >= 15 is 0 Å². The summed E-state index contributed by atoms with van der Waals surface area (Å²) in [7, 11) is 0. The minimum absolute atomic E-state index is 0.0741. The van der Waals surface area contributed by atoms with E-state index in [1.165, 1.54) is 30.5 Å². The summed E-state index contributed by atoms with van der Waals surface area (Å²) < 4.78 is 13.2. The summed E-state index contributed by atoms with van der Waals surface area (Å²) in [5.74, 6) is 0.689. The fourth-order valence-electron chi connectivity index (χ4n) is 4.56. The molecule has 0 spiro atoms. The highest BCUT2D eigenvalue weighted by Gasteiger charge is 2.27. The molecule has 1 aromatic carbocycles. The topological polar surface area (TPSA) is 59.4 Å². The van der Waals surface area contributed by atoms with Gasteiger partial charge in [0.2, 0.25) is 0 Å².